The SMILES string of the molecule is CCc1nnsc1C(O)Cc1ccsc1. The minimum absolute atomic E-state index is 0.463. The normalized spacial score (nSPS) is 12.9. The number of hydrogen-bond donors (Lipinski definition) is 1. The molecular weight excluding hydrogens is 228 g/mol. The summed E-state index contributed by atoms with van der Waals surface area (Å²) in [6.45, 7) is 2.03. The van der Waals surface area contributed by atoms with Gasteiger partial charge in [0.05, 0.1) is 16.7 Å². The van der Waals surface area contributed by atoms with Gasteiger partial charge in [-0.15, -0.1) is 5.10 Å². The lowest BCUT2D eigenvalue weighted by atomic mass is 10.1. The molecule has 0 saturated heterocycles. The number of aryl methyl sites for hydroxylation is 1. The molecule has 0 aliphatic carbocycles. The molecule has 0 amide bonds. The van der Waals surface area contributed by atoms with Crippen molar-refractivity contribution in [3.8, 4) is 0 Å². The fraction of sp³-hybridized carbons (Fsp3) is 0.400. The van der Waals surface area contributed by atoms with E-state index in [0.29, 0.717) is 6.42 Å². The van der Waals surface area contributed by atoms with Gasteiger partial charge in [0, 0.05) is 6.42 Å². The quantitative estimate of drug-likeness (QED) is 0.892. The van der Waals surface area contributed by atoms with Crippen LogP contribution in [0.4, 0.5) is 0 Å². The number of thiophene rings is 1. The van der Waals surface area contributed by atoms with Crippen LogP contribution in [0.15, 0.2) is 16.8 Å². The Hall–Kier alpha value is -0.780. The lowest BCUT2D eigenvalue weighted by Crippen LogP contribution is -2.01. The maximum absolute atomic E-state index is 10.0. The zero-order chi connectivity index (χ0) is 10.7. The molecular formula is C10H12N2OS2. The van der Waals surface area contributed by atoms with Crippen molar-refractivity contribution in [1.29, 1.82) is 0 Å². The van der Waals surface area contributed by atoms with Crippen molar-refractivity contribution in [2.45, 2.75) is 25.9 Å². The molecule has 0 bridgehead atoms. The molecule has 1 unspecified atom stereocenters. The molecule has 2 aromatic heterocycles. The van der Waals surface area contributed by atoms with Crippen molar-refractivity contribution in [3.05, 3.63) is 33.0 Å². The molecule has 1 N–H and O–H groups in total. The molecule has 0 aliphatic rings. The number of aromatic nitrogens is 2. The van der Waals surface area contributed by atoms with Crippen molar-refractivity contribution in [2.24, 2.45) is 0 Å². The molecule has 5 heteroatoms. The highest BCUT2D eigenvalue weighted by molar-refractivity contribution is 7.08. The van der Waals surface area contributed by atoms with Gasteiger partial charge in [-0.1, -0.05) is 11.4 Å². The van der Waals surface area contributed by atoms with Crippen LogP contribution in [0.5, 0.6) is 0 Å². The summed E-state index contributed by atoms with van der Waals surface area (Å²) in [6, 6.07) is 2.04. The van der Waals surface area contributed by atoms with Gasteiger partial charge in [0.25, 0.3) is 0 Å². The van der Waals surface area contributed by atoms with E-state index in [1.165, 1.54) is 17.1 Å². The molecule has 2 aromatic rings. The monoisotopic (exact) mass is 240 g/mol. The van der Waals surface area contributed by atoms with E-state index in [1.807, 2.05) is 18.4 Å². The van der Waals surface area contributed by atoms with Gasteiger partial charge in [-0.2, -0.15) is 11.3 Å². The molecule has 0 aromatic carbocycles. The Morgan fingerprint density at radius 3 is 3.07 bits per heavy atom. The molecule has 1 atom stereocenters. The fourth-order valence-corrected chi connectivity index (χ4v) is 2.84. The third-order valence-electron chi connectivity index (χ3n) is 2.23. The molecule has 2 rings (SSSR count). The van der Waals surface area contributed by atoms with Crippen molar-refractivity contribution in [2.75, 3.05) is 0 Å². The van der Waals surface area contributed by atoms with Crippen molar-refractivity contribution >= 4 is 22.9 Å². The maximum atomic E-state index is 10.0. The van der Waals surface area contributed by atoms with E-state index in [1.54, 1.807) is 11.3 Å². The van der Waals surface area contributed by atoms with Crippen molar-refractivity contribution in [1.82, 2.24) is 9.59 Å². The number of aliphatic hydroxyl groups is 1. The number of nitrogens with zero attached hydrogens (tertiary/aromatic N) is 2. The first-order chi connectivity index (χ1) is 7.31. The average molecular weight is 240 g/mol. The highest BCUT2D eigenvalue weighted by atomic mass is 32.1. The van der Waals surface area contributed by atoms with E-state index in [-0.39, 0.29) is 0 Å². The molecule has 0 spiro atoms. The molecule has 0 aliphatic heterocycles. The molecule has 80 valence electrons. The summed E-state index contributed by atoms with van der Waals surface area (Å²) in [7, 11) is 0. The Morgan fingerprint density at radius 2 is 2.40 bits per heavy atom. The second-order valence-corrected chi connectivity index (χ2v) is 4.85. The van der Waals surface area contributed by atoms with E-state index in [0.717, 1.165) is 17.0 Å². The predicted molar refractivity (Wildman–Crippen MR) is 62.3 cm³/mol. The van der Waals surface area contributed by atoms with Gasteiger partial charge >= 0.3 is 0 Å². The Kier molecular flexibility index (Phi) is 3.45. The van der Waals surface area contributed by atoms with Crippen LogP contribution in [0.25, 0.3) is 0 Å². The van der Waals surface area contributed by atoms with Crippen molar-refractivity contribution < 1.29 is 5.11 Å². The smallest absolute Gasteiger partial charge is 0.0957 e. The maximum Gasteiger partial charge on any atom is 0.0957 e. The van der Waals surface area contributed by atoms with Gasteiger partial charge < -0.3 is 5.11 Å². The molecule has 2 heterocycles. The number of aliphatic hydroxyl groups excluding tert-OH is 1. The predicted octanol–water partition coefficient (Wildman–Crippen LogP) is 2.44. The van der Waals surface area contributed by atoms with Gasteiger partial charge in [0.1, 0.15) is 0 Å². The summed E-state index contributed by atoms with van der Waals surface area (Å²) >= 11 is 2.95. The first kappa shape index (κ1) is 10.7. The van der Waals surface area contributed by atoms with Crippen LogP contribution >= 0.6 is 22.9 Å². The van der Waals surface area contributed by atoms with Crippen LogP contribution in [0.3, 0.4) is 0 Å². The second-order valence-electron chi connectivity index (χ2n) is 3.29. The number of rotatable bonds is 4. The molecule has 0 fully saturated rings. The van der Waals surface area contributed by atoms with Crippen LogP contribution < -0.4 is 0 Å². The van der Waals surface area contributed by atoms with Gasteiger partial charge in [0.15, 0.2) is 0 Å². The first-order valence-corrected chi connectivity index (χ1v) is 6.53. The van der Waals surface area contributed by atoms with Crippen LogP contribution in [-0.2, 0) is 12.8 Å². The lowest BCUT2D eigenvalue weighted by Gasteiger charge is -2.07. The Labute approximate surface area is 96.6 Å². The van der Waals surface area contributed by atoms with Gasteiger partial charge in [-0.3, -0.25) is 0 Å². The van der Waals surface area contributed by atoms with E-state index in [4.69, 9.17) is 0 Å². The second kappa shape index (κ2) is 4.83. The van der Waals surface area contributed by atoms with Crippen LogP contribution in [0.1, 0.15) is 29.2 Å². The minimum Gasteiger partial charge on any atom is -0.387 e. The minimum atomic E-state index is -0.463. The van der Waals surface area contributed by atoms with Gasteiger partial charge in [0.2, 0.25) is 0 Å². The summed E-state index contributed by atoms with van der Waals surface area (Å²) in [5.74, 6) is 0. The molecule has 0 saturated carbocycles. The summed E-state index contributed by atoms with van der Waals surface area (Å²) in [5.41, 5.74) is 2.09. The first-order valence-electron chi connectivity index (χ1n) is 4.81. The average Bonchev–Trinajstić information content (AvgIpc) is 2.86. The summed E-state index contributed by atoms with van der Waals surface area (Å²) in [4.78, 5) is 0.906. The van der Waals surface area contributed by atoms with E-state index >= 15 is 0 Å². The summed E-state index contributed by atoms with van der Waals surface area (Å²) < 4.78 is 3.88. The zero-order valence-corrected chi connectivity index (χ0v) is 10.0. The topological polar surface area (TPSA) is 46.0 Å². The van der Waals surface area contributed by atoms with Gasteiger partial charge in [-0.05, 0) is 40.3 Å². The fourth-order valence-electron chi connectivity index (χ4n) is 1.44. The van der Waals surface area contributed by atoms with E-state index in [2.05, 4.69) is 15.0 Å². The molecule has 3 nitrogen and oxygen atoms in total. The highest BCUT2D eigenvalue weighted by Gasteiger charge is 2.16. The number of hydrogen-bond acceptors (Lipinski definition) is 5. The van der Waals surface area contributed by atoms with Crippen LogP contribution in [-0.4, -0.2) is 14.7 Å². The summed E-state index contributed by atoms with van der Waals surface area (Å²) in [5, 5.41) is 18.1. The Bertz CT molecular complexity index is 411. The van der Waals surface area contributed by atoms with Crippen molar-refractivity contribution in [3.63, 3.8) is 0 Å². The standard InChI is InChI=1S/C10H12N2OS2/c1-2-8-10(15-12-11-8)9(13)5-7-3-4-14-6-7/h3-4,6,9,13H,2,5H2,1H3. The molecule has 15 heavy (non-hydrogen) atoms. The Morgan fingerprint density at radius 1 is 1.53 bits per heavy atom. The highest BCUT2D eigenvalue weighted by Crippen LogP contribution is 2.24. The Balaban J connectivity index is 2.11. The van der Waals surface area contributed by atoms with Gasteiger partial charge in [-0.25, -0.2) is 0 Å². The van der Waals surface area contributed by atoms with E-state index in [9.17, 15) is 5.11 Å². The largest absolute Gasteiger partial charge is 0.387 e. The third-order valence-corrected chi connectivity index (χ3v) is 3.83. The zero-order valence-electron chi connectivity index (χ0n) is 8.38. The van der Waals surface area contributed by atoms with E-state index < -0.39 is 6.10 Å². The summed E-state index contributed by atoms with van der Waals surface area (Å²) in [6.07, 6.45) is 1.02. The lowest BCUT2D eigenvalue weighted by molar-refractivity contribution is 0.181. The van der Waals surface area contributed by atoms with Crippen LogP contribution in [0.2, 0.25) is 0 Å². The third kappa shape index (κ3) is 2.42. The molecule has 0 radical (unpaired) electrons. The van der Waals surface area contributed by atoms with Crippen LogP contribution in [0, 0.1) is 0 Å².